The fourth-order valence-corrected chi connectivity index (χ4v) is 4.98. The number of hydrogen-bond acceptors (Lipinski definition) is 5. The number of nitrogens with zero attached hydrogens (tertiary/aromatic N) is 1. The minimum Gasteiger partial charge on any atom is -0.493 e. The van der Waals surface area contributed by atoms with Crippen molar-refractivity contribution in [2.75, 3.05) is 13.7 Å². The zero-order valence-electron chi connectivity index (χ0n) is 19.5. The first-order valence-electron chi connectivity index (χ1n) is 12.3. The number of rotatable bonds is 8. The summed E-state index contributed by atoms with van der Waals surface area (Å²) >= 11 is 0. The van der Waals surface area contributed by atoms with E-state index in [1.54, 1.807) is 7.11 Å². The second kappa shape index (κ2) is 10.5. The molecule has 0 radical (unpaired) electrons. The molecule has 1 aromatic carbocycles. The monoisotopic (exact) mass is 443 g/mol. The van der Waals surface area contributed by atoms with Gasteiger partial charge in [-0.25, -0.2) is 4.79 Å². The minimum atomic E-state index is -0.251. The number of hydrogen-bond donors (Lipinski definition) is 2. The van der Waals surface area contributed by atoms with E-state index < -0.39 is 0 Å². The molecule has 2 N–H and O–H groups in total. The van der Waals surface area contributed by atoms with Gasteiger partial charge < -0.3 is 24.9 Å². The van der Waals surface area contributed by atoms with E-state index in [0.29, 0.717) is 0 Å². The lowest BCUT2D eigenvalue weighted by Crippen LogP contribution is -2.47. The first-order chi connectivity index (χ1) is 15.6. The topological polar surface area (TPSA) is 81.2 Å². The number of carbonyl (C=O) groups is 1. The van der Waals surface area contributed by atoms with Gasteiger partial charge in [0, 0.05) is 24.6 Å². The third kappa shape index (κ3) is 5.48. The number of benzene rings is 1. The third-order valence-electron chi connectivity index (χ3n) is 6.98. The molecular weight excluding hydrogens is 406 g/mol. The van der Waals surface area contributed by atoms with Crippen LogP contribution in [0, 0.1) is 0 Å². The van der Waals surface area contributed by atoms with Crippen molar-refractivity contribution in [3.05, 3.63) is 23.8 Å². The van der Waals surface area contributed by atoms with E-state index in [1.165, 1.54) is 12.8 Å². The number of ether oxygens (including phenoxy) is 2. The number of nitrogens with one attached hydrogen (secondary N) is 2. The van der Waals surface area contributed by atoms with Crippen LogP contribution in [-0.2, 0) is 4.84 Å². The van der Waals surface area contributed by atoms with Gasteiger partial charge in [0.05, 0.1) is 18.9 Å². The van der Waals surface area contributed by atoms with Crippen molar-refractivity contribution in [1.82, 2.24) is 10.6 Å². The summed E-state index contributed by atoms with van der Waals surface area (Å²) in [4.78, 5) is 18.0. The van der Waals surface area contributed by atoms with E-state index in [0.717, 1.165) is 87.1 Å². The lowest BCUT2D eigenvalue weighted by atomic mass is 9.78. The molecule has 1 aliphatic heterocycles. The Morgan fingerprint density at radius 1 is 1.19 bits per heavy atom. The van der Waals surface area contributed by atoms with Crippen molar-refractivity contribution in [3.63, 3.8) is 0 Å². The number of oxime groups is 1. The molecule has 176 valence electrons. The predicted molar refractivity (Wildman–Crippen MR) is 125 cm³/mol. The molecule has 0 aromatic heterocycles. The molecule has 1 spiro atoms. The first kappa shape index (κ1) is 22.7. The van der Waals surface area contributed by atoms with Gasteiger partial charge in [0.2, 0.25) is 0 Å². The molecule has 3 aliphatic rings. The summed E-state index contributed by atoms with van der Waals surface area (Å²) in [7, 11) is 1.68. The fraction of sp³-hybridized carbons (Fsp3) is 0.680. The van der Waals surface area contributed by atoms with Gasteiger partial charge >= 0.3 is 6.03 Å². The van der Waals surface area contributed by atoms with E-state index >= 15 is 0 Å². The Balaban J connectivity index is 1.32. The second-order valence-corrected chi connectivity index (χ2v) is 9.41. The second-order valence-electron chi connectivity index (χ2n) is 9.41. The molecule has 0 atom stereocenters. The van der Waals surface area contributed by atoms with Crippen LogP contribution in [0.3, 0.4) is 0 Å². The summed E-state index contributed by atoms with van der Waals surface area (Å²) in [5.41, 5.74) is 1.75. The summed E-state index contributed by atoms with van der Waals surface area (Å²) < 4.78 is 11.8. The summed E-state index contributed by atoms with van der Waals surface area (Å²) in [6.45, 7) is 2.85. The van der Waals surface area contributed by atoms with Crippen molar-refractivity contribution in [2.24, 2.45) is 5.16 Å². The molecule has 0 bridgehead atoms. The zero-order chi connectivity index (χ0) is 22.4. The lowest BCUT2D eigenvalue weighted by Gasteiger charge is -2.35. The van der Waals surface area contributed by atoms with Crippen LogP contribution in [0.1, 0.15) is 83.1 Å². The number of methoxy groups -OCH3 is 1. The average Bonchev–Trinajstić information content (AvgIpc) is 3.46. The van der Waals surface area contributed by atoms with Crippen LogP contribution in [0.25, 0.3) is 0 Å². The number of urea groups is 1. The van der Waals surface area contributed by atoms with Crippen molar-refractivity contribution in [3.8, 4) is 11.5 Å². The van der Waals surface area contributed by atoms with E-state index in [4.69, 9.17) is 14.3 Å². The number of amides is 2. The lowest BCUT2D eigenvalue weighted by molar-refractivity contribution is -0.0493. The van der Waals surface area contributed by atoms with E-state index in [9.17, 15) is 4.79 Å². The van der Waals surface area contributed by atoms with Gasteiger partial charge in [-0.3, -0.25) is 0 Å². The fourth-order valence-electron chi connectivity index (χ4n) is 4.98. The Bertz CT molecular complexity index is 811. The number of unbranched alkanes of at least 4 members (excludes halogenated alkanes) is 1. The molecule has 0 saturated heterocycles. The molecule has 2 saturated carbocycles. The SMILES string of the molecule is CCCCNC(=O)NC1CCC2(CC1)CC(c1ccc(OC)c(OC3CCCC3)c1)=NO2. The van der Waals surface area contributed by atoms with E-state index in [1.807, 2.05) is 18.2 Å². The van der Waals surface area contributed by atoms with Gasteiger partial charge in [-0.2, -0.15) is 0 Å². The molecule has 2 aliphatic carbocycles. The number of carbonyl (C=O) groups excluding carboxylic acids is 1. The van der Waals surface area contributed by atoms with Gasteiger partial charge in [-0.1, -0.05) is 18.5 Å². The molecule has 4 rings (SSSR count). The molecule has 7 heteroatoms. The minimum absolute atomic E-state index is 0.0586. The summed E-state index contributed by atoms with van der Waals surface area (Å²) in [5, 5.41) is 10.5. The molecule has 1 aromatic rings. The normalized spacial score (nSPS) is 25.3. The largest absolute Gasteiger partial charge is 0.493 e. The smallest absolute Gasteiger partial charge is 0.315 e. The quantitative estimate of drug-likeness (QED) is 0.559. The highest BCUT2D eigenvalue weighted by molar-refractivity contribution is 6.02. The Kier molecular flexibility index (Phi) is 7.43. The highest BCUT2D eigenvalue weighted by Crippen LogP contribution is 2.41. The summed E-state index contributed by atoms with van der Waals surface area (Å²) in [5.74, 6) is 1.56. The molecule has 2 fully saturated rings. The van der Waals surface area contributed by atoms with Gasteiger partial charge in [-0.05, 0) is 76.0 Å². The van der Waals surface area contributed by atoms with E-state index in [2.05, 4.69) is 22.7 Å². The maximum Gasteiger partial charge on any atom is 0.315 e. The Morgan fingerprint density at radius 2 is 1.97 bits per heavy atom. The van der Waals surface area contributed by atoms with Crippen LogP contribution >= 0.6 is 0 Å². The Morgan fingerprint density at radius 3 is 2.69 bits per heavy atom. The third-order valence-corrected chi connectivity index (χ3v) is 6.98. The van der Waals surface area contributed by atoms with Crippen molar-refractivity contribution in [1.29, 1.82) is 0 Å². The van der Waals surface area contributed by atoms with Gasteiger partial charge in [0.1, 0.15) is 5.60 Å². The highest BCUT2D eigenvalue weighted by Gasteiger charge is 2.43. The van der Waals surface area contributed by atoms with Gasteiger partial charge in [-0.15, -0.1) is 0 Å². The van der Waals surface area contributed by atoms with Gasteiger partial charge in [0.25, 0.3) is 0 Å². The van der Waals surface area contributed by atoms with Crippen LogP contribution in [0.15, 0.2) is 23.4 Å². The van der Waals surface area contributed by atoms with E-state index in [-0.39, 0.29) is 23.8 Å². The molecule has 7 nitrogen and oxygen atoms in total. The highest BCUT2D eigenvalue weighted by atomic mass is 16.7. The Hall–Kier alpha value is -2.44. The predicted octanol–water partition coefficient (Wildman–Crippen LogP) is 4.92. The van der Waals surface area contributed by atoms with Crippen molar-refractivity contribution >= 4 is 11.7 Å². The zero-order valence-corrected chi connectivity index (χ0v) is 19.5. The molecule has 1 heterocycles. The molecule has 0 unspecified atom stereocenters. The summed E-state index contributed by atoms with van der Waals surface area (Å²) in [6, 6.07) is 6.19. The van der Waals surface area contributed by atoms with Crippen molar-refractivity contribution in [2.45, 2.75) is 95.3 Å². The van der Waals surface area contributed by atoms with Crippen LogP contribution in [-0.4, -0.2) is 43.1 Å². The van der Waals surface area contributed by atoms with Crippen LogP contribution in [0.5, 0.6) is 11.5 Å². The van der Waals surface area contributed by atoms with Crippen LogP contribution in [0.2, 0.25) is 0 Å². The molecule has 32 heavy (non-hydrogen) atoms. The standard InChI is InChI=1S/C25H37N3O4/c1-3-4-15-26-24(29)27-19-11-13-25(14-12-19)17-21(28-32-25)18-9-10-22(30-2)23(16-18)31-20-7-5-6-8-20/h9-10,16,19-20H,3-8,11-15,17H2,1-2H3,(H2,26,27,29). The van der Waals surface area contributed by atoms with Crippen molar-refractivity contribution < 1.29 is 19.1 Å². The van der Waals surface area contributed by atoms with Crippen LogP contribution in [0.4, 0.5) is 4.79 Å². The maximum absolute atomic E-state index is 12.0. The van der Waals surface area contributed by atoms with Gasteiger partial charge in [0.15, 0.2) is 11.5 Å². The average molecular weight is 444 g/mol. The maximum atomic E-state index is 12.0. The molecule has 2 amide bonds. The van der Waals surface area contributed by atoms with Crippen LogP contribution < -0.4 is 20.1 Å². The molecular formula is C25H37N3O4. The first-order valence-corrected chi connectivity index (χ1v) is 12.3. The Labute approximate surface area is 191 Å². The summed E-state index contributed by atoms with van der Waals surface area (Å²) in [6.07, 6.45) is 11.4.